The monoisotopic (exact) mass is 280 g/mol. The summed E-state index contributed by atoms with van der Waals surface area (Å²) in [5.41, 5.74) is 7.64. The molecule has 1 aromatic rings. The van der Waals surface area contributed by atoms with Gasteiger partial charge in [0, 0.05) is 13.1 Å². The van der Waals surface area contributed by atoms with Crippen LogP contribution < -0.4 is 11.1 Å². The van der Waals surface area contributed by atoms with Crippen LogP contribution in [0.2, 0.25) is 0 Å². The van der Waals surface area contributed by atoms with E-state index in [0.717, 1.165) is 23.0 Å². The van der Waals surface area contributed by atoms with Crippen molar-refractivity contribution in [1.82, 2.24) is 9.78 Å². The smallest absolute Gasteiger partial charge is 0.134 e. The average Bonchev–Trinajstić information content (AvgIpc) is 2.65. The van der Waals surface area contributed by atoms with Gasteiger partial charge in [-0.25, -0.2) is 0 Å². The van der Waals surface area contributed by atoms with E-state index in [0.29, 0.717) is 11.0 Å². The Labute approximate surface area is 120 Å². The molecule has 0 radical (unpaired) electrons. The number of nitrogens with zero attached hydrogens (tertiary/aromatic N) is 2. The second-order valence-electron chi connectivity index (χ2n) is 5.50. The van der Waals surface area contributed by atoms with Gasteiger partial charge in [0.1, 0.15) is 10.8 Å². The molecule has 3 N–H and O–H groups in total. The van der Waals surface area contributed by atoms with Crippen molar-refractivity contribution >= 4 is 23.0 Å². The minimum Gasteiger partial charge on any atom is -0.389 e. The Hall–Kier alpha value is -1.10. The predicted molar refractivity (Wildman–Crippen MR) is 83.5 cm³/mol. The van der Waals surface area contributed by atoms with E-state index in [1.807, 2.05) is 18.7 Å². The third kappa shape index (κ3) is 2.91. The van der Waals surface area contributed by atoms with Crippen LogP contribution in [-0.2, 0) is 7.05 Å². The van der Waals surface area contributed by atoms with Gasteiger partial charge in [-0.15, -0.1) is 0 Å². The maximum atomic E-state index is 5.84. The summed E-state index contributed by atoms with van der Waals surface area (Å²) in [7, 11) is 1.95. The van der Waals surface area contributed by atoms with Crippen molar-refractivity contribution in [3.63, 3.8) is 0 Å². The summed E-state index contributed by atoms with van der Waals surface area (Å²) in [5, 5.41) is 8.09. The lowest BCUT2D eigenvalue weighted by Gasteiger charge is -2.32. The number of anilines is 1. The number of hydrogen-bond acceptors (Lipinski definition) is 3. The van der Waals surface area contributed by atoms with E-state index in [1.165, 1.54) is 32.1 Å². The molecule has 19 heavy (non-hydrogen) atoms. The maximum absolute atomic E-state index is 5.84. The van der Waals surface area contributed by atoms with Crippen LogP contribution in [0.3, 0.4) is 0 Å². The molecule has 5 heteroatoms. The van der Waals surface area contributed by atoms with Crippen LogP contribution >= 0.6 is 12.2 Å². The fraction of sp³-hybridized carbons (Fsp3) is 0.714. The molecule has 1 fully saturated rings. The van der Waals surface area contributed by atoms with Gasteiger partial charge in [0.2, 0.25) is 0 Å². The van der Waals surface area contributed by atoms with E-state index in [2.05, 4.69) is 17.3 Å². The Kier molecular flexibility index (Phi) is 4.45. The molecule has 2 rings (SSSR count). The van der Waals surface area contributed by atoms with Gasteiger partial charge in [-0.05, 0) is 25.7 Å². The molecule has 1 heterocycles. The highest BCUT2D eigenvalue weighted by molar-refractivity contribution is 7.80. The number of thiocarbonyl (C=S) groups is 1. The lowest BCUT2D eigenvalue weighted by molar-refractivity contribution is 0.316. The van der Waals surface area contributed by atoms with Crippen LogP contribution in [0.1, 0.15) is 50.3 Å². The summed E-state index contributed by atoms with van der Waals surface area (Å²) < 4.78 is 1.87. The van der Waals surface area contributed by atoms with Gasteiger partial charge in [0.15, 0.2) is 0 Å². The maximum Gasteiger partial charge on any atom is 0.134 e. The zero-order valence-corrected chi connectivity index (χ0v) is 12.9. The van der Waals surface area contributed by atoms with Crippen LogP contribution in [0.15, 0.2) is 0 Å². The fourth-order valence-corrected chi connectivity index (χ4v) is 3.43. The van der Waals surface area contributed by atoms with Crippen molar-refractivity contribution in [2.75, 3.05) is 5.32 Å². The van der Waals surface area contributed by atoms with E-state index in [1.54, 1.807) is 0 Å². The normalized spacial score (nSPS) is 23.3. The number of nitrogens with two attached hydrogens (primary N) is 1. The lowest BCUT2D eigenvalue weighted by Crippen LogP contribution is -2.33. The molecule has 1 saturated carbocycles. The molecular formula is C14H24N4S. The number of nitrogens with one attached hydrogen (secondary N) is 1. The Morgan fingerprint density at radius 2 is 2.16 bits per heavy atom. The molecule has 0 bridgehead atoms. The molecular weight excluding hydrogens is 256 g/mol. The summed E-state index contributed by atoms with van der Waals surface area (Å²) in [6.45, 7) is 4.23. The first kappa shape index (κ1) is 14.3. The quantitative estimate of drug-likeness (QED) is 0.833. The zero-order chi connectivity index (χ0) is 14.0. The molecule has 0 saturated heterocycles. The molecule has 0 amide bonds. The molecule has 1 aromatic heterocycles. The first-order valence-corrected chi connectivity index (χ1v) is 7.55. The summed E-state index contributed by atoms with van der Waals surface area (Å²) in [5.74, 6) is 1.72. The minimum atomic E-state index is 0.428. The Morgan fingerprint density at radius 1 is 1.47 bits per heavy atom. The summed E-state index contributed by atoms with van der Waals surface area (Å²) in [6.07, 6.45) is 6.40. The van der Waals surface area contributed by atoms with Gasteiger partial charge in [0.25, 0.3) is 0 Å². The minimum absolute atomic E-state index is 0.428. The van der Waals surface area contributed by atoms with Gasteiger partial charge >= 0.3 is 0 Å². The van der Waals surface area contributed by atoms with Crippen molar-refractivity contribution in [1.29, 1.82) is 0 Å². The predicted octanol–water partition coefficient (Wildman–Crippen LogP) is 2.74. The Balaban J connectivity index is 2.24. The van der Waals surface area contributed by atoms with Crippen LogP contribution in [0.25, 0.3) is 0 Å². The molecule has 1 aliphatic carbocycles. The van der Waals surface area contributed by atoms with Crippen molar-refractivity contribution < 1.29 is 0 Å². The van der Waals surface area contributed by atoms with Gasteiger partial charge in [-0.3, -0.25) is 4.68 Å². The highest BCUT2D eigenvalue weighted by Crippen LogP contribution is 2.30. The standard InChI is InChI=1S/C14H24N4S/c1-4-10-7-5-6-8-11(10)16-14-12(13(15)19)9(2)17-18(14)3/h10-11,16H,4-8H2,1-3H3,(H2,15,19). The number of rotatable bonds is 4. The number of aromatic nitrogens is 2. The molecule has 2 atom stereocenters. The second kappa shape index (κ2) is 5.90. The van der Waals surface area contributed by atoms with Crippen LogP contribution in [0, 0.1) is 12.8 Å². The molecule has 4 nitrogen and oxygen atoms in total. The van der Waals surface area contributed by atoms with Crippen molar-refractivity contribution in [3.05, 3.63) is 11.3 Å². The molecule has 1 aliphatic rings. The summed E-state index contributed by atoms with van der Waals surface area (Å²) in [4.78, 5) is 0.428. The lowest BCUT2D eigenvalue weighted by atomic mass is 9.83. The third-order valence-corrected chi connectivity index (χ3v) is 4.43. The first-order chi connectivity index (χ1) is 9.04. The van der Waals surface area contributed by atoms with Gasteiger partial charge in [0.05, 0.1) is 11.3 Å². The fourth-order valence-electron chi connectivity index (χ4n) is 3.18. The molecule has 0 spiro atoms. The molecule has 0 aliphatic heterocycles. The van der Waals surface area contributed by atoms with Crippen LogP contribution in [0.5, 0.6) is 0 Å². The van der Waals surface area contributed by atoms with Crippen molar-refractivity contribution in [2.24, 2.45) is 18.7 Å². The zero-order valence-electron chi connectivity index (χ0n) is 12.1. The SMILES string of the molecule is CCC1CCCCC1Nc1c(C(N)=S)c(C)nn1C. The second-order valence-corrected chi connectivity index (χ2v) is 5.94. The largest absolute Gasteiger partial charge is 0.389 e. The van der Waals surface area contributed by atoms with Gasteiger partial charge < -0.3 is 11.1 Å². The van der Waals surface area contributed by atoms with Gasteiger partial charge in [-0.1, -0.05) is 38.4 Å². The number of hydrogen-bond donors (Lipinski definition) is 2. The highest BCUT2D eigenvalue weighted by Gasteiger charge is 2.26. The van der Waals surface area contributed by atoms with Crippen LogP contribution in [-0.4, -0.2) is 20.8 Å². The first-order valence-electron chi connectivity index (χ1n) is 7.14. The molecule has 0 aromatic carbocycles. The topological polar surface area (TPSA) is 55.9 Å². The van der Waals surface area contributed by atoms with E-state index >= 15 is 0 Å². The molecule has 106 valence electrons. The van der Waals surface area contributed by atoms with Crippen LogP contribution in [0.4, 0.5) is 5.82 Å². The number of aryl methyl sites for hydroxylation is 2. The van der Waals surface area contributed by atoms with Gasteiger partial charge in [-0.2, -0.15) is 5.10 Å². The van der Waals surface area contributed by atoms with Crippen molar-refractivity contribution in [3.8, 4) is 0 Å². The third-order valence-electron chi connectivity index (χ3n) is 4.22. The molecule has 2 unspecified atom stereocenters. The Morgan fingerprint density at radius 3 is 2.79 bits per heavy atom. The average molecular weight is 280 g/mol. The van der Waals surface area contributed by atoms with E-state index in [-0.39, 0.29) is 0 Å². The van der Waals surface area contributed by atoms with E-state index in [9.17, 15) is 0 Å². The van der Waals surface area contributed by atoms with E-state index < -0.39 is 0 Å². The summed E-state index contributed by atoms with van der Waals surface area (Å²) >= 11 is 5.16. The summed E-state index contributed by atoms with van der Waals surface area (Å²) in [6, 6.07) is 0.515. The highest BCUT2D eigenvalue weighted by atomic mass is 32.1. The Bertz CT molecular complexity index is 466. The van der Waals surface area contributed by atoms with E-state index in [4.69, 9.17) is 18.0 Å². The van der Waals surface area contributed by atoms with Crippen molar-refractivity contribution in [2.45, 2.75) is 52.0 Å².